The minimum Gasteiger partial charge on any atom is -0.496 e. The molecule has 6 heteroatoms. The minimum absolute atomic E-state index is 0.200. The molecule has 0 spiro atoms. The summed E-state index contributed by atoms with van der Waals surface area (Å²) in [6.07, 6.45) is 1.25. The summed E-state index contributed by atoms with van der Waals surface area (Å²) in [5.74, 6) is 0.0826. The van der Waals surface area contributed by atoms with Crippen molar-refractivity contribution in [3.05, 3.63) is 23.3 Å². The molecule has 6 nitrogen and oxygen atoms in total. The monoisotopic (exact) mass is 321 g/mol. The lowest BCUT2D eigenvalue weighted by atomic mass is 9.82. The standard InChI is InChI=1S/C17H23NO5/c1-11-13(22-3)8-12(9-14(11)23-4)15(19)18-7-5-6-17(2,10-18)16(20)21/h8-9H,5-7,10H2,1-4H3,(H,20,21). The van der Waals surface area contributed by atoms with Gasteiger partial charge in [0.25, 0.3) is 5.91 Å². The van der Waals surface area contributed by atoms with E-state index in [2.05, 4.69) is 0 Å². The molecule has 1 amide bonds. The van der Waals surface area contributed by atoms with Crippen LogP contribution in [0.4, 0.5) is 0 Å². The maximum Gasteiger partial charge on any atom is 0.311 e. The number of piperidine rings is 1. The maximum absolute atomic E-state index is 12.8. The van der Waals surface area contributed by atoms with E-state index in [9.17, 15) is 14.7 Å². The van der Waals surface area contributed by atoms with Crippen LogP contribution in [0.25, 0.3) is 0 Å². The van der Waals surface area contributed by atoms with Crippen LogP contribution >= 0.6 is 0 Å². The summed E-state index contributed by atoms with van der Waals surface area (Å²) in [6.45, 7) is 4.30. The summed E-state index contributed by atoms with van der Waals surface area (Å²) >= 11 is 0. The Morgan fingerprint density at radius 2 is 1.78 bits per heavy atom. The molecular formula is C17H23NO5. The smallest absolute Gasteiger partial charge is 0.311 e. The highest BCUT2D eigenvalue weighted by atomic mass is 16.5. The molecule has 1 aliphatic heterocycles. The van der Waals surface area contributed by atoms with Crippen molar-refractivity contribution in [1.29, 1.82) is 0 Å². The molecule has 1 unspecified atom stereocenters. The number of hydrogen-bond acceptors (Lipinski definition) is 4. The topological polar surface area (TPSA) is 76.1 Å². The van der Waals surface area contributed by atoms with Crippen LogP contribution in [0.5, 0.6) is 11.5 Å². The zero-order chi connectivity index (χ0) is 17.2. The second-order valence-electron chi connectivity index (χ2n) is 6.20. The molecule has 1 aromatic rings. The summed E-state index contributed by atoms with van der Waals surface area (Å²) < 4.78 is 10.6. The summed E-state index contributed by atoms with van der Waals surface area (Å²) in [7, 11) is 3.08. The fraction of sp³-hybridized carbons (Fsp3) is 0.529. The van der Waals surface area contributed by atoms with E-state index in [4.69, 9.17) is 9.47 Å². The van der Waals surface area contributed by atoms with E-state index in [0.29, 0.717) is 36.4 Å². The van der Waals surface area contributed by atoms with Gasteiger partial charge in [0.05, 0.1) is 19.6 Å². The largest absolute Gasteiger partial charge is 0.496 e. The number of rotatable bonds is 4. The molecule has 1 fully saturated rings. The first-order chi connectivity index (χ1) is 10.8. The van der Waals surface area contributed by atoms with Gasteiger partial charge in [-0.15, -0.1) is 0 Å². The molecule has 0 aliphatic carbocycles. The number of carboxylic acids is 1. The molecule has 1 heterocycles. The number of nitrogens with zero attached hydrogens (tertiary/aromatic N) is 1. The molecule has 1 saturated heterocycles. The summed E-state index contributed by atoms with van der Waals surface area (Å²) in [5, 5.41) is 9.39. The Morgan fingerprint density at radius 3 is 2.26 bits per heavy atom. The van der Waals surface area contributed by atoms with Gasteiger partial charge in [-0.05, 0) is 38.8 Å². The van der Waals surface area contributed by atoms with Crippen LogP contribution in [0, 0.1) is 12.3 Å². The molecule has 1 aliphatic rings. The van der Waals surface area contributed by atoms with Gasteiger partial charge < -0.3 is 19.5 Å². The van der Waals surface area contributed by atoms with E-state index in [1.807, 2.05) is 6.92 Å². The van der Waals surface area contributed by atoms with Gasteiger partial charge in [0.2, 0.25) is 0 Å². The molecule has 2 rings (SSSR count). The Morgan fingerprint density at radius 1 is 1.22 bits per heavy atom. The van der Waals surface area contributed by atoms with E-state index in [1.54, 1.807) is 38.2 Å². The Hall–Kier alpha value is -2.24. The van der Waals surface area contributed by atoms with Gasteiger partial charge in [0.15, 0.2) is 0 Å². The first-order valence-electron chi connectivity index (χ1n) is 7.57. The van der Waals surface area contributed by atoms with Gasteiger partial charge in [0, 0.05) is 24.2 Å². The van der Waals surface area contributed by atoms with E-state index in [1.165, 1.54) is 0 Å². The predicted molar refractivity (Wildman–Crippen MR) is 85.2 cm³/mol. The molecule has 0 radical (unpaired) electrons. The zero-order valence-corrected chi connectivity index (χ0v) is 14.0. The van der Waals surface area contributed by atoms with E-state index in [-0.39, 0.29) is 12.5 Å². The van der Waals surface area contributed by atoms with E-state index < -0.39 is 11.4 Å². The quantitative estimate of drug-likeness (QED) is 0.921. The summed E-state index contributed by atoms with van der Waals surface area (Å²) in [5.41, 5.74) is 0.367. The third-order valence-electron chi connectivity index (χ3n) is 4.50. The van der Waals surface area contributed by atoms with Crippen LogP contribution < -0.4 is 9.47 Å². The van der Waals surface area contributed by atoms with Crippen LogP contribution in [0.1, 0.15) is 35.7 Å². The second-order valence-corrected chi connectivity index (χ2v) is 6.20. The highest BCUT2D eigenvalue weighted by Crippen LogP contribution is 2.33. The van der Waals surface area contributed by atoms with Gasteiger partial charge in [-0.3, -0.25) is 9.59 Å². The highest BCUT2D eigenvalue weighted by molar-refractivity contribution is 5.96. The molecule has 1 N–H and O–H groups in total. The van der Waals surface area contributed by atoms with Crippen molar-refractivity contribution in [3.8, 4) is 11.5 Å². The van der Waals surface area contributed by atoms with Crippen LogP contribution in [0.15, 0.2) is 12.1 Å². The van der Waals surface area contributed by atoms with Crippen LogP contribution in [0.3, 0.4) is 0 Å². The van der Waals surface area contributed by atoms with Gasteiger partial charge >= 0.3 is 5.97 Å². The summed E-state index contributed by atoms with van der Waals surface area (Å²) in [4.78, 5) is 25.8. The van der Waals surface area contributed by atoms with Gasteiger partial charge in [-0.2, -0.15) is 0 Å². The Labute approximate surface area is 136 Å². The number of amides is 1. The number of benzene rings is 1. The molecular weight excluding hydrogens is 298 g/mol. The summed E-state index contributed by atoms with van der Waals surface area (Å²) in [6, 6.07) is 3.35. The second kappa shape index (κ2) is 6.48. The lowest BCUT2D eigenvalue weighted by Crippen LogP contribution is -2.48. The molecule has 23 heavy (non-hydrogen) atoms. The average Bonchev–Trinajstić information content (AvgIpc) is 2.54. The molecule has 0 aromatic heterocycles. The molecule has 0 bridgehead atoms. The number of methoxy groups -OCH3 is 2. The maximum atomic E-state index is 12.8. The normalized spacial score (nSPS) is 21.0. The van der Waals surface area contributed by atoms with Crippen molar-refractivity contribution in [1.82, 2.24) is 4.90 Å². The van der Waals surface area contributed by atoms with Crippen molar-refractivity contribution in [2.45, 2.75) is 26.7 Å². The Bertz CT molecular complexity index is 602. The Kier molecular flexibility index (Phi) is 4.82. The lowest BCUT2D eigenvalue weighted by molar-refractivity contribution is -0.150. The lowest BCUT2D eigenvalue weighted by Gasteiger charge is -2.37. The first kappa shape index (κ1) is 17.1. The van der Waals surface area contributed by atoms with Crippen molar-refractivity contribution < 1.29 is 24.2 Å². The average molecular weight is 321 g/mol. The number of carbonyl (C=O) groups excluding carboxylic acids is 1. The molecule has 126 valence electrons. The number of carboxylic acid groups (broad SMARTS) is 1. The van der Waals surface area contributed by atoms with Crippen molar-refractivity contribution >= 4 is 11.9 Å². The fourth-order valence-electron chi connectivity index (χ4n) is 2.98. The fourth-order valence-corrected chi connectivity index (χ4v) is 2.98. The van der Waals surface area contributed by atoms with Gasteiger partial charge in [-0.25, -0.2) is 0 Å². The van der Waals surface area contributed by atoms with Crippen LogP contribution in [0.2, 0.25) is 0 Å². The van der Waals surface area contributed by atoms with Crippen LogP contribution in [-0.2, 0) is 4.79 Å². The third kappa shape index (κ3) is 3.25. The SMILES string of the molecule is COc1cc(C(=O)N2CCCC(C)(C(=O)O)C2)cc(OC)c1C. The number of aliphatic carboxylic acids is 1. The highest BCUT2D eigenvalue weighted by Gasteiger charge is 2.39. The molecule has 1 atom stereocenters. The third-order valence-corrected chi connectivity index (χ3v) is 4.50. The molecule has 1 aromatic carbocycles. The minimum atomic E-state index is -0.896. The number of likely N-dealkylation sites (tertiary alicyclic amines) is 1. The van der Waals surface area contributed by atoms with Gasteiger partial charge in [-0.1, -0.05) is 0 Å². The van der Waals surface area contributed by atoms with E-state index in [0.717, 1.165) is 5.56 Å². The Balaban J connectivity index is 2.31. The van der Waals surface area contributed by atoms with Crippen molar-refractivity contribution in [2.75, 3.05) is 27.3 Å². The van der Waals surface area contributed by atoms with Gasteiger partial charge in [0.1, 0.15) is 11.5 Å². The number of ether oxygens (including phenoxy) is 2. The van der Waals surface area contributed by atoms with Crippen LogP contribution in [-0.4, -0.2) is 49.2 Å². The van der Waals surface area contributed by atoms with Crippen molar-refractivity contribution in [3.63, 3.8) is 0 Å². The first-order valence-corrected chi connectivity index (χ1v) is 7.57. The molecule has 0 saturated carbocycles. The zero-order valence-electron chi connectivity index (χ0n) is 14.0. The van der Waals surface area contributed by atoms with Crippen molar-refractivity contribution in [2.24, 2.45) is 5.41 Å². The predicted octanol–water partition coefficient (Wildman–Crippen LogP) is 2.34. The number of hydrogen-bond donors (Lipinski definition) is 1. The number of carbonyl (C=O) groups is 2. The van der Waals surface area contributed by atoms with E-state index >= 15 is 0 Å².